The molecule has 3 aromatic rings. The molecule has 1 heterocycles. The van der Waals surface area contributed by atoms with E-state index in [-0.39, 0.29) is 11.8 Å². The average Bonchev–Trinajstić information content (AvgIpc) is 3.51. The van der Waals surface area contributed by atoms with Crippen molar-refractivity contribution in [2.45, 2.75) is 30.1 Å². The lowest BCUT2D eigenvalue weighted by atomic mass is 10.1. The number of anilines is 1. The predicted molar refractivity (Wildman–Crippen MR) is 125 cm³/mol. The summed E-state index contributed by atoms with van der Waals surface area (Å²) >= 11 is 2.75. The van der Waals surface area contributed by atoms with Crippen LogP contribution in [0.3, 0.4) is 0 Å². The van der Waals surface area contributed by atoms with Gasteiger partial charge in [0.2, 0.25) is 5.91 Å². The van der Waals surface area contributed by atoms with Crippen molar-refractivity contribution in [2.24, 2.45) is 0 Å². The van der Waals surface area contributed by atoms with E-state index in [0.717, 1.165) is 22.7 Å². The Labute approximate surface area is 189 Å². The molecule has 0 spiro atoms. The number of amides is 2. The summed E-state index contributed by atoms with van der Waals surface area (Å²) < 4.78 is 6.33. The van der Waals surface area contributed by atoms with Gasteiger partial charge >= 0.3 is 0 Å². The summed E-state index contributed by atoms with van der Waals surface area (Å²) in [6.07, 6.45) is 2.12. The van der Waals surface area contributed by atoms with Gasteiger partial charge in [-0.2, -0.15) is 0 Å². The van der Waals surface area contributed by atoms with Crippen LogP contribution in [0.1, 0.15) is 30.1 Å². The van der Waals surface area contributed by atoms with Crippen molar-refractivity contribution in [3.05, 3.63) is 60.2 Å². The van der Waals surface area contributed by atoms with E-state index in [9.17, 15) is 9.59 Å². The normalized spacial score (nSPS) is 12.9. The van der Waals surface area contributed by atoms with Crippen molar-refractivity contribution >= 4 is 39.9 Å². The minimum atomic E-state index is -0.257. The fourth-order valence-electron chi connectivity index (χ4n) is 2.97. The molecule has 0 aliphatic heterocycles. The molecule has 0 unspecified atom stereocenters. The molecule has 160 valence electrons. The van der Waals surface area contributed by atoms with Crippen molar-refractivity contribution in [2.75, 3.05) is 17.7 Å². The third-order valence-corrected chi connectivity index (χ3v) is 6.70. The van der Waals surface area contributed by atoms with Crippen molar-refractivity contribution in [1.29, 1.82) is 0 Å². The van der Waals surface area contributed by atoms with Gasteiger partial charge in [0, 0.05) is 11.6 Å². The maximum absolute atomic E-state index is 13.0. The molecule has 8 heteroatoms. The highest BCUT2D eigenvalue weighted by Gasteiger charge is 2.24. The molecule has 2 amide bonds. The van der Waals surface area contributed by atoms with Crippen molar-refractivity contribution < 1.29 is 14.3 Å². The number of ether oxygens (including phenoxy) is 1. The Kier molecular flexibility index (Phi) is 6.89. The first kappa shape index (κ1) is 21.4. The average molecular weight is 454 g/mol. The first-order chi connectivity index (χ1) is 15.1. The first-order valence-electron chi connectivity index (χ1n) is 10.2. The molecule has 31 heavy (non-hydrogen) atoms. The zero-order valence-electron chi connectivity index (χ0n) is 17.1. The Hall–Kier alpha value is -2.84. The number of para-hydroxylation sites is 1. The zero-order chi connectivity index (χ0) is 21.6. The number of aromatic nitrogens is 1. The summed E-state index contributed by atoms with van der Waals surface area (Å²) in [6, 6.07) is 17.2. The van der Waals surface area contributed by atoms with E-state index in [4.69, 9.17) is 9.72 Å². The van der Waals surface area contributed by atoms with Gasteiger partial charge < -0.3 is 15.4 Å². The second kappa shape index (κ2) is 9.98. The highest BCUT2D eigenvalue weighted by Crippen LogP contribution is 2.38. The second-order valence-corrected chi connectivity index (χ2v) is 9.26. The Morgan fingerprint density at radius 2 is 1.87 bits per heavy atom. The summed E-state index contributed by atoms with van der Waals surface area (Å²) in [4.78, 5) is 29.8. The Bertz CT molecular complexity index is 1060. The quantitative estimate of drug-likeness (QED) is 0.454. The standard InChI is InChI=1S/C23H23N3O3S2/c1-2-29-18-11-7-6-10-17(18)21(28)26-22-20(15-8-4-3-5-9-15)25-23(31-22)30-14-19(27)24-16-12-13-16/h3-11,16H,2,12-14H2,1H3,(H,24,27)(H,26,28). The number of nitrogens with one attached hydrogen (secondary N) is 2. The van der Waals surface area contributed by atoms with E-state index in [1.54, 1.807) is 12.1 Å². The Morgan fingerprint density at radius 3 is 2.61 bits per heavy atom. The summed E-state index contributed by atoms with van der Waals surface area (Å²) in [5.74, 6) is 0.603. The van der Waals surface area contributed by atoms with Crippen LogP contribution in [0.2, 0.25) is 0 Å². The summed E-state index contributed by atoms with van der Waals surface area (Å²) in [5, 5.41) is 6.63. The molecular formula is C23H23N3O3S2. The number of thioether (sulfide) groups is 1. The lowest BCUT2D eigenvalue weighted by Crippen LogP contribution is -2.26. The number of hydrogen-bond donors (Lipinski definition) is 2. The molecule has 0 atom stereocenters. The number of benzene rings is 2. The van der Waals surface area contributed by atoms with Gasteiger partial charge in [0.05, 0.1) is 17.9 Å². The van der Waals surface area contributed by atoms with Gasteiger partial charge in [-0.3, -0.25) is 9.59 Å². The maximum atomic E-state index is 13.0. The number of thiazole rings is 1. The number of rotatable bonds is 9. The lowest BCUT2D eigenvalue weighted by molar-refractivity contribution is -0.118. The zero-order valence-corrected chi connectivity index (χ0v) is 18.7. The smallest absolute Gasteiger partial charge is 0.260 e. The topological polar surface area (TPSA) is 80.3 Å². The molecule has 1 aliphatic carbocycles. The van der Waals surface area contributed by atoms with Crippen LogP contribution in [0.5, 0.6) is 5.75 Å². The molecule has 2 aromatic carbocycles. The van der Waals surface area contributed by atoms with Gasteiger partial charge in [-0.15, -0.1) is 0 Å². The van der Waals surface area contributed by atoms with E-state index in [0.29, 0.717) is 40.4 Å². The number of carbonyl (C=O) groups excluding carboxylic acids is 2. The molecule has 0 radical (unpaired) electrons. The van der Waals surface area contributed by atoms with Crippen molar-refractivity contribution in [3.63, 3.8) is 0 Å². The molecule has 2 N–H and O–H groups in total. The fourth-order valence-corrected chi connectivity index (χ4v) is 4.84. The van der Waals surface area contributed by atoms with Crippen LogP contribution in [0.15, 0.2) is 58.9 Å². The third-order valence-electron chi connectivity index (χ3n) is 4.58. The monoisotopic (exact) mass is 453 g/mol. The fraction of sp³-hybridized carbons (Fsp3) is 0.261. The van der Waals surface area contributed by atoms with Gasteiger partial charge in [-0.1, -0.05) is 65.6 Å². The molecule has 6 nitrogen and oxygen atoms in total. The number of hydrogen-bond acceptors (Lipinski definition) is 6. The van der Waals surface area contributed by atoms with Crippen LogP contribution in [0, 0.1) is 0 Å². The lowest BCUT2D eigenvalue weighted by Gasteiger charge is -2.10. The second-order valence-electron chi connectivity index (χ2n) is 7.04. The summed E-state index contributed by atoms with van der Waals surface area (Å²) in [5.41, 5.74) is 2.06. The SMILES string of the molecule is CCOc1ccccc1C(=O)Nc1sc(SCC(=O)NC2CC2)nc1-c1ccccc1. The van der Waals surface area contributed by atoms with E-state index in [2.05, 4.69) is 10.6 Å². The summed E-state index contributed by atoms with van der Waals surface area (Å²) in [6.45, 7) is 2.36. The molecule has 1 aliphatic rings. The van der Waals surface area contributed by atoms with E-state index < -0.39 is 0 Å². The molecule has 0 saturated heterocycles. The van der Waals surface area contributed by atoms with Crippen LogP contribution < -0.4 is 15.4 Å². The largest absolute Gasteiger partial charge is 0.493 e. The van der Waals surface area contributed by atoms with E-state index in [1.165, 1.54) is 23.1 Å². The molecule has 1 fully saturated rings. The highest BCUT2D eigenvalue weighted by atomic mass is 32.2. The molecular weight excluding hydrogens is 430 g/mol. The van der Waals surface area contributed by atoms with E-state index >= 15 is 0 Å². The minimum Gasteiger partial charge on any atom is -0.493 e. The van der Waals surface area contributed by atoms with Crippen LogP contribution in [-0.4, -0.2) is 35.2 Å². The van der Waals surface area contributed by atoms with Crippen molar-refractivity contribution in [1.82, 2.24) is 10.3 Å². The Morgan fingerprint density at radius 1 is 1.13 bits per heavy atom. The maximum Gasteiger partial charge on any atom is 0.260 e. The van der Waals surface area contributed by atoms with Crippen LogP contribution in [0.25, 0.3) is 11.3 Å². The van der Waals surface area contributed by atoms with Gasteiger partial charge in [0.15, 0.2) is 4.34 Å². The molecule has 1 saturated carbocycles. The summed E-state index contributed by atoms with van der Waals surface area (Å²) in [7, 11) is 0. The number of nitrogens with zero attached hydrogens (tertiary/aromatic N) is 1. The highest BCUT2D eigenvalue weighted by molar-refractivity contribution is 8.01. The molecule has 1 aromatic heterocycles. The van der Waals surface area contributed by atoms with Crippen LogP contribution in [0.4, 0.5) is 5.00 Å². The van der Waals surface area contributed by atoms with Gasteiger partial charge in [-0.05, 0) is 31.9 Å². The van der Waals surface area contributed by atoms with Gasteiger partial charge in [-0.25, -0.2) is 4.98 Å². The van der Waals surface area contributed by atoms with E-state index in [1.807, 2.05) is 49.4 Å². The molecule has 0 bridgehead atoms. The molecule has 4 rings (SSSR count). The Balaban J connectivity index is 1.55. The van der Waals surface area contributed by atoms with Crippen LogP contribution in [-0.2, 0) is 4.79 Å². The predicted octanol–water partition coefficient (Wildman–Crippen LogP) is 4.83. The first-order valence-corrected chi connectivity index (χ1v) is 12.0. The number of carbonyl (C=O) groups is 2. The third kappa shape index (κ3) is 5.65. The minimum absolute atomic E-state index is 0.0141. The van der Waals surface area contributed by atoms with Crippen LogP contribution >= 0.6 is 23.1 Å². The van der Waals surface area contributed by atoms with Gasteiger partial charge in [0.1, 0.15) is 16.4 Å². The van der Waals surface area contributed by atoms with Crippen molar-refractivity contribution in [3.8, 4) is 17.0 Å². The van der Waals surface area contributed by atoms with Gasteiger partial charge in [0.25, 0.3) is 5.91 Å².